The number of likely N-dealkylation sites (tertiary alicyclic amines) is 1. The molecule has 1 aromatic heterocycles. The maximum atomic E-state index is 12.6. The molecule has 1 aromatic carbocycles. The van der Waals surface area contributed by atoms with Gasteiger partial charge in [-0.1, -0.05) is 17.3 Å². The summed E-state index contributed by atoms with van der Waals surface area (Å²) in [5.74, 6) is 1.82. The van der Waals surface area contributed by atoms with Crippen LogP contribution in [0.4, 0.5) is 5.69 Å². The van der Waals surface area contributed by atoms with Crippen LogP contribution in [0.25, 0.3) is 0 Å². The van der Waals surface area contributed by atoms with Gasteiger partial charge in [-0.15, -0.1) is 0 Å². The number of methoxy groups -OCH3 is 2. The van der Waals surface area contributed by atoms with E-state index in [1.54, 1.807) is 14.2 Å². The number of anilines is 1. The molecule has 2 heterocycles. The van der Waals surface area contributed by atoms with E-state index in [-0.39, 0.29) is 17.9 Å². The van der Waals surface area contributed by atoms with E-state index in [4.69, 9.17) is 14.0 Å². The standard InChI is InChI=1S/C19H26N4O4/c1-13(25-2)18-21-17(27-22-18)12-23-10-8-14(9-11-23)19(24)20-15-6-4-5-7-16(15)26-3/h4-7,13-14H,8-12H2,1-3H3,(H,20,24). The zero-order valence-electron chi connectivity index (χ0n) is 16.0. The molecule has 1 aliphatic rings. The summed E-state index contributed by atoms with van der Waals surface area (Å²) in [4.78, 5) is 19.2. The second kappa shape index (κ2) is 8.96. The van der Waals surface area contributed by atoms with Crippen molar-refractivity contribution < 1.29 is 18.8 Å². The summed E-state index contributed by atoms with van der Waals surface area (Å²) in [6.07, 6.45) is 1.39. The van der Waals surface area contributed by atoms with Crippen molar-refractivity contribution in [1.82, 2.24) is 15.0 Å². The number of amides is 1. The van der Waals surface area contributed by atoms with Gasteiger partial charge in [0.25, 0.3) is 0 Å². The number of nitrogens with one attached hydrogen (secondary N) is 1. The van der Waals surface area contributed by atoms with Crippen LogP contribution < -0.4 is 10.1 Å². The summed E-state index contributed by atoms with van der Waals surface area (Å²) in [6.45, 7) is 4.08. The zero-order valence-corrected chi connectivity index (χ0v) is 16.0. The molecule has 27 heavy (non-hydrogen) atoms. The molecule has 146 valence electrons. The number of hydrogen-bond acceptors (Lipinski definition) is 7. The highest BCUT2D eigenvalue weighted by Crippen LogP contribution is 2.26. The zero-order chi connectivity index (χ0) is 19.2. The van der Waals surface area contributed by atoms with E-state index < -0.39 is 0 Å². The van der Waals surface area contributed by atoms with Crippen molar-refractivity contribution in [3.63, 3.8) is 0 Å². The lowest BCUT2D eigenvalue weighted by molar-refractivity contribution is -0.121. The van der Waals surface area contributed by atoms with Crippen molar-refractivity contribution in [3.8, 4) is 5.75 Å². The Labute approximate surface area is 158 Å². The Kier molecular flexibility index (Phi) is 6.41. The molecule has 0 bridgehead atoms. The normalized spacial score (nSPS) is 16.9. The topological polar surface area (TPSA) is 89.7 Å². The van der Waals surface area contributed by atoms with Gasteiger partial charge in [-0.2, -0.15) is 4.98 Å². The third kappa shape index (κ3) is 4.84. The molecule has 8 heteroatoms. The van der Waals surface area contributed by atoms with Crippen molar-refractivity contribution in [1.29, 1.82) is 0 Å². The van der Waals surface area contributed by atoms with Gasteiger partial charge in [0, 0.05) is 13.0 Å². The summed E-state index contributed by atoms with van der Waals surface area (Å²) in [7, 11) is 3.21. The van der Waals surface area contributed by atoms with Gasteiger partial charge in [-0.05, 0) is 45.0 Å². The highest BCUT2D eigenvalue weighted by Gasteiger charge is 2.26. The molecule has 1 unspecified atom stereocenters. The van der Waals surface area contributed by atoms with E-state index >= 15 is 0 Å². The largest absolute Gasteiger partial charge is 0.495 e. The van der Waals surface area contributed by atoms with Gasteiger partial charge in [-0.3, -0.25) is 9.69 Å². The van der Waals surface area contributed by atoms with Crippen LogP contribution in [0.1, 0.15) is 37.6 Å². The van der Waals surface area contributed by atoms with E-state index in [0.717, 1.165) is 25.9 Å². The van der Waals surface area contributed by atoms with Crippen LogP contribution in [0.5, 0.6) is 5.75 Å². The number of rotatable bonds is 7. The fraction of sp³-hybridized carbons (Fsp3) is 0.526. The third-order valence-corrected chi connectivity index (χ3v) is 4.88. The maximum Gasteiger partial charge on any atom is 0.240 e. The molecule has 0 radical (unpaired) electrons. The molecule has 0 aliphatic carbocycles. The molecule has 0 spiro atoms. The minimum absolute atomic E-state index is 0.0158. The number of benzene rings is 1. The molecule has 1 atom stereocenters. The Morgan fingerprint density at radius 1 is 1.33 bits per heavy atom. The summed E-state index contributed by atoms with van der Waals surface area (Å²) in [6, 6.07) is 7.44. The fourth-order valence-corrected chi connectivity index (χ4v) is 3.13. The Bertz CT molecular complexity index is 756. The quantitative estimate of drug-likeness (QED) is 0.797. The molecular weight excluding hydrogens is 348 g/mol. The minimum atomic E-state index is -0.188. The summed E-state index contributed by atoms with van der Waals surface area (Å²) < 4.78 is 15.8. The SMILES string of the molecule is COc1ccccc1NC(=O)C1CCN(Cc2nc(C(C)OC)no2)CC1. The first-order valence-corrected chi connectivity index (χ1v) is 9.12. The van der Waals surface area contributed by atoms with Crippen LogP contribution in [-0.2, 0) is 16.1 Å². The highest BCUT2D eigenvalue weighted by atomic mass is 16.5. The number of ether oxygens (including phenoxy) is 2. The van der Waals surface area contributed by atoms with Crippen LogP contribution >= 0.6 is 0 Å². The van der Waals surface area contributed by atoms with Crippen LogP contribution in [0.2, 0.25) is 0 Å². The molecule has 1 aliphatic heterocycles. The lowest BCUT2D eigenvalue weighted by Gasteiger charge is -2.30. The van der Waals surface area contributed by atoms with E-state index in [2.05, 4.69) is 20.4 Å². The van der Waals surface area contributed by atoms with Gasteiger partial charge in [0.05, 0.1) is 19.3 Å². The Hall–Kier alpha value is -2.45. The van der Waals surface area contributed by atoms with E-state index in [9.17, 15) is 4.79 Å². The average Bonchev–Trinajstić information content (AvgIpc) is 3.16. The minimum Gasteiger partial charge on any atom is -0.495 e. The Morgan fingerprint density at radius 3 is 2.78 bits per heavy atom. The number of aromatic nitrogens is 2. The van der Waals surface area contributed by atoms with Gasteiger partial charge in [0.15, 0.2) is 5.82 Å². The molecule has 1 saturated heterocycles. The first-order chi connectivity index (χ1) is 13.1. The van der Waals surface area contributed by atoms with Gasteiger partial charge >= 0.3 is 0 Å². The lowest BCUT2D eigenvalue weighted by Crippen LogP contribution is -2.37. The number of carbonyl (C=O) groups excluding carboxylic acids is 1. The number of hydrogen-bond donors (Lipinski definition) is 1. The summed E-state index contributed by atoms with van der Waals surface area (Å²) in [5, 5.41) is 6.93. The molecule has 0 saturated carbocycles. The molecule has 1 amide bonds. The molecule has 2 aromatic rings. The first-order valence-electron chi connectivity index (χ1n) is 9.12. The van der Waals surface area contributed by atoms with Crippen LogP contribution in [-0.4, -0.2) is 48.3 Å². The van der Waals surface area contributed by atoms with Crippen molar-refractivity contribution in [3.05, 3.63) is 36.0 Å². The fourth-order valence-electron chi connectivity index (χ4n) is 3.13. The second-order valence-electron chi connectivity index (χ2n) is 6.66. The van der Waals surface area contributed by atoms with Crippen LogP contribution in [0, 0.1) is 5.92 Å². The predicted octanol–water partition coefficient (Wildman–Crippen LogP) is 2.64. The van der Waals surface area contributed by atoms with Gasteiger partial charge in [-0.25, -0.2) is 0 Å². The monoisotopic (exact) mass is 374 g/mol. The summed E-state index contributed by atoms with van der Waals surface area (Å²) in [5.41, 5.74) is 0.707. The third-order valence-electron chi connectivity index (χ3n) is 4.88. The molecular formula is C19H26N4O4. The van der Waals surface area contributed by atoms with E-state index in [0.29, 0.717) is 29.7 Å². The molecule has 8 nitrogen and oxygen atoms in total. The van der Waals surface area contributed by atoms with Crippen molar-refractivity contribution in [2.75, 3.05) is 32.6 Å². The Morgan fingerprint density at radius 2 is 2.07 bits per heavy atom. The van der Waals surface area contributed by atoms with Crippen LogP contribution in [0.3, 0.4) is 0 Å². The van der Waals surface area contributed by atoms with Gasteiger partial charge < -0.3 is 19.3 Å². The molecule has 1 N–H and O–H groups in total. The first kappa shape index (κ1) is 19.3. The molecule has 3 rings (SSSR count). The Balaban J connectivity index is 1.49. The number of piperidine rings is 1. The second-order valence-corrected chi connectivity index (χ2v) is 6.66. The van der Waals surface area contributed by atoms with Crippen molar-refractivity contribution in [2.24, 2.45) is 5.92 Å². The summed E-state index contributed by atoms with van der Waals surface area (Å²) >= 11 is 0. The van der Waals surface area contributed by atoms with Crippen molar-refractivity contribution in [2.45, 2.75) is 32.4 Å². The number of para-hydroxylation sites is 2. The maximum absolute atomic E-state index is 12.6. The van der Waals surface area contributed by atoms with Gasteiger partial charge in [0.1, 0.15) is 11.9 Å². The lowest BCUT2D eigenvalue weighted by atomic mass is 9.96. The highest BCUT2D eigenvalue weighted by molar-refractivity contribution is 5.94. The number of nitrogens with zero attached hydrogens (tertiary/aromatic N) is 3. The van der Waals surface area contributed by atoms with Crippen molar-refractivity contribution >= 4 is 11.6 Å². The number of carbonyl (C=O) groups is 1. The average molecular weight is 374 g/mol. The van der Waals surface area contributed by atoms with E-state index in [1.165, 1.54) is 0 Å². The molecule has 1 fully saturated rings. The van der Waals surface area contributed by atoms with E-state index in [1.807, 2.05) is 31.2 Å². The smallest absolute Gasteiger partial charge is 0.240 e. The van der Waals surface area contributed by atoms with Crippen LogP contribution in [0.15, 0.2) is 28.8 Å². The van der Waals surface area contributed by atoms with Gasteiger partial charge in [0.2, 0.25) is 11.8 Å². The predicted molar refractivity (Wildman–Crippen MR) is 99.3 cm³/mol.